The number of carbonyl (C=O) groups excluding carboxylic acids is 2. The van der Waals surface area contributed by atoms with Crippen LogP contribution in [0.3, 0.4) is 0 Å². The zero-order valence-electron chi connectivity index (χ0n) is 14.0. The third-order valence-corrected chi connectivity index (χ3v) is 4.05. The number of hydrogen-bond donors (Lipinski definition) is 2. The summed E-state index contributed by atoms with van der Waals surface area (Å²) in [4.78, 5) is 25.9. The number of nitrogens with one attached hydrogen (secondary N) is 2. The van der Waals surface area contributed by atoms with E-state index in [4.69, 9.17) is 4.74 Å². The van der Waals surface area contributed by atoms with Crippen LogP contribution < -0.4 is 15.4 Å². The van der Waals surface area contributed by atoms with Gasteiger partial charge >= 0.3 is 0 Å². The predicted molar refractivity (Wildman–Crippen MR) is 89.9 cm³/mol. The van der Waals surface area contributed by atoms with Crippen LogP contribution >= 0.6 is 0 Å². The van der Waals surface area contributed by atoms with E-state index in [-0.39, 0.29) is 11.8 Å². The summed E-state index contributed by atoms with van der Waals surface area (Å²) in [5.41, 5.74) is 1.06. The van der Waals surface area contributed by atoms with Gasteiger partial charge in [-0.3, -0.25) is 9.59 Å². The first kappa shape index (κ1) is 17.3. The zero-order valence-corrected chi connectivity index (χ0v) is 14.0. The Hall–Kier alpha value is -2.08. The lowest BCUT2D eigenvalue weighted by atomic mass is 9.94. The van der Waals surface area contributed by atoms with Gasteiger partial charge in [-0.1, -0.05) is 0 Å². The van der Waals surface area contributed by atoms with Crippen LogP contribution in [-0.4, -0.2) is 51.0 Å². The predicted octanol–water partition coefficient (Wildman–Crippen LogP) is 1.73. The summed E-state index contributed by atoms with van der Waals surface area (Å²) >= 11 is 0. The number of methoxy groups -OCH3 is 1. The number of nitrogens with zero attached hydrogens (tertiary/aromatic N) is 1. The fraction of sp³-hybridized carbons (Fsp3) is 0.529. The summed E-state index contributed by atoms with van der Waals surface area (Å²) in [5.74, 6) is 0.763. The molecule has 2 amide bonds. The SMILES string of the molecule is COc1ccc(NC(=O)CC2CCNCC2)cc1C(=O)N(C)C. The highest BCUT2D eigenvalue weighted by atomic mass is 16.5. The number of ether oxygens (including phenoxy) is 1. The zero-order chi connectivity index (χ0) is 16.8. The van der Waals surface area contributed by atoms with Crippen LogP contribution in [0.15, 0.2) is 18.2 Å². The highest BCUT2D eigenvalue weighted by Crippen LogP contribution is 2.24. The molecule has 0 saturated carbocycles. The molecule has 0 bridgehead atoms. The molecule has 6 heteroatoms. The number of benzene rings is 1. The molecule has 0 spiro atoms. The van der Waals surface area contributed by atoms with Crippen LogP contribution in [0.25, 0.3) is 0 Å². The average Bonchev–Trinajstić information content (AvgIpc) is 2.54. The molecule has 1 aromatic rings. The molecule has 1 fully saturated rings. The Balaban J connectivity index is 2.05. The fourth-order valence-electron chi connectivity index (χ4n) is 2.75. The van der Waals surface area contributed by atoms with E-state index in [2.05, 4.69) is 10.6 Å². The van der Waals surface area contributed by atoms with Crippen molar-refractivity contribution in [3.63, 3.8) is 0 Å². The first-order valence-corrected chi connectivity index (χ1v) is 7.91. The minimum absolute atomic E-state index is 0.00896. The van der Waals surface area contributed by atoms with Gasteiger partial charge in [-0.25, -0.2) is 0 Å². The molecule has 0 aromatic heterocycles. The maximum atomic E-state index is 12.2. The van der Waals surface area contributed by atoms with Crippen molar-refractivity contribution in [3.8, 4) is 5.75 Å². The lowest BCUT2D eigenvalue weighted by molar-refractivity contribution is -0.117. The van der Waals surface area contributed by atoms with Gasteiger partial charge in [-0.05, 0) is 50.0 Å². The lowest BCUT2D eigenvalue weighted by Gasteiger charge is -2.22. The van der Waals surface area contributed by atoms with Gasteiger partial charge < -0.3 is 20.3 Å². The molecule has 6 nitrogen and oxygen atoms in total. The third kappa shape index (κ3) is 4.69. The van der Waals surface area contributed by atoms with E-state index < -0.39 is 0 Å². The highest BCUT2D eigenvalue weighted by Gasteiger charge is 2.18. The number of carbonyl (C=O) groups is 2. The van der Waals surface area contributed by atoms with E-state index in [0.717, 1.165) is 25.9 Å². The first-order chi connectivity index (χ1) is 11.0. The molecule has 0 radical (unpaired) electrons. The molecule has 0 aliphatic carbocycles. The second kappa shape index (κ2) is 7.97. The smallest absolute Gasteiger partial charge is 0.257 e. The molecule has 0 unspecified atom stereocenters. The van der Waals surface area contributed by atoms with E-state index >= 15 is 0 Å². The minimum Gasteiger partial charge on any atom is -0.496 e. The number of anilines is 1. The molecule has 1 aliphatic rings. The Morgan fingerprint density at radius 2 is 2.00 bits per heavy atom. The molecular weight excluding hydrogens is 294 g/mol. The van der Waals surface area contributed by atoms with Gasteiger partial charge in [0.1, 0.15) is 5.75 Å². The topological polar surface area (TPSA) is 70.7 Å². The van der Waals surface area contributed by atoms with Crippen LogP contribution in [0.2, 0.25) is 0 Å². The van der Waals surface area contributed by atoms with Crippen molar-refractivity contribution in [1.29, 1.82) is 0 Å². The van der Waals surface area contributed by atoms with Crippen LogP contribution in [0, 0.1) is 5.92 Å². The monoisotopic (exact) mass is 319 g/mol. The minimum atomic E-state index is -0.156. The number of rotatable bonds is 5. The van der Waals surface area contributed by atoms with Gasteiger partial charge in [0, 0.05) is 26.2 Å². The summed E-state index contributed by atoms with van der Waals surface area (Å²) in [6.07, 6.45) is 2.57. The standard InChI is InChI=1S/C17H25N3O3/c1-20(2)17(22)14-11-13(4-5-15(14)23-3)19-16(21)10-12-6-8-18-9-7-12/h4-5,11-12,18H,6-10H2,1-3H3,(H,19,21). The van der Waals surface area contributed by atoms with Gasteiger partial charge in [0.25, 0.3) is 5.91 Å². The second-order valence-electron chi connectivity index (χ2n) is 6.06. The number of piperidine rings is 1. The molecule has 2 N–H and O–H groups in total. The van der Waals surface area contributed by atoms with Crippen LogP contribution in [0.1, 0.15) is 29.6 Å². The number of amides is 2. The van der Waals surface area contributed by atoms with E-state index in [1.807, 2.05) is 0 Å². The molecule has 1 aliphatic heterocycles. The van der Waals surface area contributed by atoms with Crippen molar-refractivity contribution in [2.75, 3.05) is 39.6 Å². The molecule has 1 aromatic carbocycles. The molecule has 0 atom stereocenters. The van der Waals surface area contributed by atoms with E-state index in [9.17, 15) is 9.59 Å². The Morgan fingerprint density at radius 1 is 1.30 bits per heavy atom. The summed E-state index contributed by atoms with van der Waals surface area (Å²) in [7, 11) is 4.89. The van der Waals surface area contributed by atoms with Crippen LogP contribution in [-0.2, 0) is 4.79 Å². The van der Waals surface area contributed by atoms with Gasteiger partial charge in [-0.2, -0.15) is 0 Å². The lowest BCUT2D eigenvalue weighted by Crippen LogP contribution is -2.30. The Bertz CT molecular complexity index is 566. The van der Waals surface area contributed by atoms with Gasteiger partial charge in [0.2, 0.25) is 5.91 Å². The molecule has 126 valence electrons. The summed E-state index contributed by atoms with van der Waals surface area (Å²) in [5, 5.41) is 6.18. The maximum absolute atomic E-state index is 12.2. The summed E-state index contributed by atoms with van der Waals surface area (Å²) in [6.45, 7) is 1.95. The van der Waals surface area contributed by atoms with Gasteiger partial charge in [-0.15, -0.1) is 0 Å². The van der Waals surface area contributed by atoms with Crippen molar-refractivity contribution in [2.24, 2.45) is 5.92 Å². The third-order valence-electron chi connectivity index (χ3n) is 4.05. The van der Waals surface area contributed by atoms with Crippen molar-refractivity contribution in [1.82, 2.24) is 10.2 Å². The summed E-state index contributed by atoms with van der Waals surface area (Å²) < 4.78 is 5.23. The van der Waals surface area contributed by atoms with Crippen LogP contribution in [0.5, 0.6) is 5.75 Å². The van der Waals surface area contributed by atoms with Crippen molar-refractivity contribution < 1.29 is 14.3 Å². The quantitative estimate of drug-likeness (QED) is 0.867. The Morgan fingerprint density at radius 3 is 2.61 bits per heavy atom. The fourth-order valence-corrected chi connectivity index (χ4v) is 2.75. The largest absolute Gasteiger partial charge is 0.496 e. The van der Waals surface area contributed by atoms with E-state index in [1.165, 1.54) is 12.0 Å². The molecule has 23 heavy (non-hydrogen) atoms. The van der Waals surface area contributed by atoms with Gasteiger partial charge in [0.05, 0.1) is 12.7 Å². The van der Waals surface area contributed by atoms with Crippen molar-refractivity contribution in [3.05, 3.63) is 23.8 Å². The Kier molecular flexibility index (Phi) is 5.98. The first-order valence-electron chi connectivity index (χ1n) is 7.91. The molecule has 1 heterocycles. The van der Waals surface area contributed by atoms with Crippen LogP contribution in [0.4, 0.5) is 5.69 Å². The normalized spacial score (nSPS) is 15.1. The molecule has 1 saturated heterocycles. The average molecular weight is 319 g/mol. The van der Waals surface area contributed by atoms with E-state index in [1.54, 1.807) is 32.3 Å². The second-order valence-corrected chi connectivity index (χ2v) is 6.06. The van der Waals surface area contributed by atoms with Crippen molar-refractivity contribution >= 4 is 17.5 Å². The summed E-state index contributed by atoms with van der Waals surface area (Å²) in [6, 6.07) is 5.13. The number of hydrogen-bond acceptors (Lipinski definition) is 4. The maximum Gasteiger partial charge on any atom is 0.257 e. The van der Waals surface area contributed by atoms with E-state index in [0.29, 0.717) is 29.3 Å². The highest BCUT2D eigenvalue weighted by molar-refractivity contribution is 5.99. The molecule has 2 rings (SSSR count). The van der Waals surface area contributed by atoms with Gasteiger partial charge in [0.15, 0.2) is 0 Å². The van der Waals surface area contributed by atoms with Crippen molar-refractivity contribution in [2.45, 2.75) is 19.3 Å². The Labute approximate surface area is 137 Å². The molecular formula is C17H25N3O3.